The topological polar surface area (TPSA) is 93.8 Å². The van der Waals surface area contributed by atoms with Gasteiger partial charge in [-0.15, -0.1) is 0 Å². The van der Waals surface area contributed by atoms with Crippen LogP contribution in [-0.4, -0.2) is 23.7 Å². The molecule has 2 aromatic rings. The fourth-order valence-corrected chi connectivity index (χ4v) is 1.79. The van der Waals surface area contributed by atoms with Crippen molar-refractivity contribution in [2.24, 2.45) is 5.10 Å². The molecule has 0 atom stereocenters. The number of aryl methyl sites for hydroxylation is 1. The van der Waals surface area contributed by atoms with E-state index < -0.39 is 10.8 Å². The lowest BCUT2D eigenvalue weighted by molar-refractivity contribution is -0.385. The van der Waals surface area contributed by atoms with Crippen LogP contribution in [0.2, 0.25) is 0 Å². The second kappa shape index (κ2) is 7.69. The molecule has 0 aliphatic rings. The highest BCUT2D eigenvalue weighted by Gasteiger charge is 2.16. The number of hydrogen-bond acceptors (Lipinski definition) is 5. The van der Waals surface area contributed by atoms with Crippen molar-refractivity contribution in [3.63, 3.8) is 0 Å². The average molecular weight is 313 g/mol. The lowest BCUT2D eigenvalue weighted by atomic mass is 10.2. The lowest BCUT2D eigenvalue weighted by Crippen LogP contribution is -2.24. The Kier molecular flexibility index (Phi) is 5.40. The molecular weight excluding hydrogens is 298 g/mol. The summed E-state index contributed by atoms with van der Waals surface area (Å²) in [5.74, 6) is -0.463. The summed E-state index contributed by atoms with van der Waals surface area (Å²) in [7, 11) is 0. The summed E-state index contributed by atoms with van der Waals surface area (Å²) in [4.78, 5) is 22.0. The largest absolute Gasteiger partial charge is 0.477 e. The fourth-order valence-electron chi connectivity index (χ4n) is 1.79. The number of benzene rings is 2. The summed E-state index contributed by atoms with van der Waals surface area (Å²) in [5, 5.41) is 14.7. The molecule has 0 saturated heterocycles. The Morgan fingerprint density at radius 2 is 2.04 bits per heavy atom. The Balaban J connectivity index is 1.90. The lowest BCUT2D eigenvalue weighted by Gasteiger charge is -2.06. The molecule has 2 aromatic carbocycles. The Bertz CT molecular complexity index is 729. The van der Waals surface area contributed by atoms with Crippen LogP contribution in [0.5, 0.6) is 5.75 Å². The maximum absolute atomic E-state index is 11.6. The average Bonchev–Trinajstić information content (AvgIpc) is 2.54. The molecule has 7 heteroatoms. The van der Waals surface area contributed by atoms with E-state index in [4.69, 9.17) is 4.74 Å². The van der Waals surface area contributed by atoms with E-state index in [1.165, 1.54) is 18.3 Å². The second-order valence-corrected chi connectivity index (χ2v) is 4.72. The Morgan fingerprint density at radius 3 is 2.74 bits per heavy atom. The second-order valence-electron chi connectivity index (χ2n) is 4.72. The van der Waals surface area contributed by atoms with Gasteiger partial charge in [-0.2, -0.15) is 5.10 Å². The third kappa shape index (κ3) is 4.92. The Morgan fingerprint density at radius 1 is 1.30 bits per heavy atom. The van der Waals surface area contributed by atoms with E-state index >= 15 is 0 Å². The first-order valence-electron chi connectivity index (χ1n) is 6.81. The molecule has 0 aromatic heterocycles. The molecule has 0 bridgehead atoms. The van der Waals surface area contributed by atoms with Crippen LogP contribution in [0.15, 0.2) is 53.6 Å². The van der Waals surface area contributed by atoms with Crippen molar-refractivity contribution in [3.8, 4) is 5.75 Å². The van der Waals surface area contributed by atoms with E-state index in [0.29, 0.717) is 0 Å². The van der Waals surface area contributed by atoms with Crippen molar-refractivity contribution in [2.75, 3.05) is 6.61 Å². The summed E-state index contributed by atoms with van der Waals surface area (Å²) >= 11 is 0. The minimum absolute atomic E-state index is 0.0442. The number of carbonyl (C=O) groups excluding carboxylic acids is 1. The van der Waals surface area contributed by atoms with Gasteiger partial charge in [0.15, 0.2) is 12.4 Å². The van der Waals surface area contributed by atoms with E-state index in [1.807, 2.05) is 30.3 Å². The summed E-state index contributed by atoms with van der Waals surface area (Å²) in [6, 6.07) is 13.8. The highest BCUT2D eigenvalue weighted by Crippen LogP contribution is 2.27. The molecule has 0 unspecified atom stereocenters. The minimum atomic E-state index is -0.548. The highest BCUT2D eigenvalue weighted by molar-refractivity contribution is 5.82. The van der Waals surface area contributed by atoms with Gasteiger partial charge < -0.3 is 4.74 Å². The predicted octanol–water partition coefficient (Wildman–Crippen LogP) is 2.43. The number of nitrogens with one attached hydrogen (secondary N) is 1. The summed E-state index contributed by atoms with van der Waals surface area (Å²) in [6.45, 7) is 1.37. The van der Waals surface area contributed by atoms with E-state index in [1.54, 1.807) is 13.0 Å². The molecule has 0 saturated carbocycles. The number of nitrogens with zero attached hydrogens (tertiary/aromatic N) is 2. The van der Waals surface area contributed by atoms with Crippen molar-refractivity contribution in [3.05, 3.63) is 69.8 Å². The molecule has 0 aliphatic heterocycles. The molecule has 1 N–H and O–H groups in total. The first-order chi connectivity index (χ1) is 11.1. The van der Waals surface area contributed by atoms with Gasteiger partial charge in [0, 0.05) is 6.07 Å². The molecule has 2 rings (SSSR count). The van der Waals surface area contributed by atoms with E-state index in [2.05, 4.69) is 10.5 Å². The van der Waals surface area contributed by atoms with Crippen LogP contribution in [-0.2, 0) is 4.79 Å². The molecule has 118 valence electrons. The summed E-state index contributed by atoms with van der Waals surface area (Å²) in [6.07, 6.45) is 1.49. The third-order valence-corrected chi connectivity index (χ3v) is 2.87. The van der Waals surface area contributed by atoms with Gasteiger partial charge >= 0.3 is 5.69 Å². The molecule has 7 nitrogen and oxygen atoms in total. The smallest absolute Gasteiger partial charge is 0.311 e. The van der Waals surface area contributed by atoms with Gasteiger partial charge in [0.25, 0.3) is 5.91 Å². The maximum atomic E-state index is 11.6. The summed E-state index contributed by atoms with van der Waals surface area (Å²) in [5.41, 5.74) is 3.69. The van der Waals surface area contributed by atoms with Gasteiger partial charge in [-0.1, -0.05) is 36.4 Å². The van der Waals surface area contributed by atoms with Crippen molar-refractivity contribution in [1.29, 1.82) is 0 Å². The van der Waals surface area contributed by atoms with E-state index in [0.717, 1.165) is 11.1 Å². The molecule has 0 fully saturated rings. The summed E-state index contributed by atoms with van der Waals surface area (Å²) < 4.78 is 5.19. The van der Waals surface area contributed by atoms with Crippen molar-refractivity contribution < 1.29 is 14.5 Å². The van der Waals surface area contributed by atoms with Crippen LogP contribution in [0.25, 0.3) is 0 Å². The number of carbonyl (C=O) groups is 1. The molecule has 0 spiro atoms. The first-order valence-corrected chi connectivity index (χ1v) is 6.81. The Labute approximate surface area is 132 Å². The first kappa shape index (κ1) is 16.2. The fraction of sp³-hybridized carbons (Fsp3) is 0.125. The maximum Gasteiger partial charge on any atom is 0.311 e. The van der Waals surface area contributed by atoms with Gasteiger partial charge in [0.1, 0.15) is 0 Å². The van der Waals surface area contributed by atoms with Gasteiger partial charge in [-0.25, -0.2) is 5.43 Å². The highest BCUT2D eigenvalue weighted by atomic mass is 16.6. The van der Waals surface area contributed by atoms with Gasteiger partial charge in [0.2, 0.25) is 0 Å². The standard InChI is InChI=1S/C16H15N3O4/c1-12-7-8-15(14(9-12)19(21)22)23-11-16(20)18-17-10-13-5-3-2-4-6-13/h2-10H,11H2,1H3,(H,18,20)/b17-10-. The van der Waals surface area contributed by atoms with E-state index in [9.17, 15) is 14.9 Å². The molecule has 1 amide bonds. The number of nitro groups is 1. The van der Waals surface area contributed by atoms with Gasteiger partial charge in [-0.3, -0.25) is 14.9 Å². The number of nitro benzene ring substituents is 1. The van der Waals surface area contributed by atoms with Crippen LogP contribution in [0.4, 0.5) is 5.69 Å². The SMILES string of the molecule is Cc1ccc(OCC(=O)N/N=C\c2ccccc2)c([N+](=O)[O-])c1. The zero-order valence-electron chi connectivity index (χ0n) is 12.4. The monoisotopic (exact) mass is 313 g/mol. The number of amides is 1. The van der Waals surface area contributed by atoms with Gasteiger partial charge in [0.05, 0.1) is 11.1 Å². The van der Waals surface area contributed by atoms with Crippen LogP contribution in [0, 0.1) is 17.0 Å². The van der Waals surface area contributed by atoms with Crippen molar-refractivity contribution in [1.82, 2.24) is 5.43 Å². The molecule has 23 heavy (non-hydrogen) atoms. The minimum Gasteiger partial charge on any atom is -0.477 e. The van der Waals surface area contributed by atoms with Gasteiger partial charge in [-0.05, 0) is 24.1 Å². The molecule has 0 heterocycles. The number of ether oxygens (including phenoxy) is 1. The number of hydrazone groups is 1. The molecule has 0 aliphatic carbocycles. The third-order valence-electron chi connectivity index (χ3n) is 2.87. The predicted molar refractivity (Wildman–Crippen MR) is 85.5 cm³/mol. The number of rotatable bonds is 6. The Hall–Kier alpha value is -3.22. The normalized spacial score (nSPS) is 10.5. The van der Waals surface area contributed by atoms with Crippen LogP contribution >= 0.6 is 0 Å². The zero-order chi connectivity index (χ0) is 16.7. The van der Waals surface area contributed by atoms with Crippen LogP contribution < -0.4 is 10.2 Å². The van der Waals surface area contributed by atoms with Crippen LogP contribution in [0.1, 0.15) is 11.1 Å². The van der Waals surface area contributed by atoms with Crippen molar-refractivity contribution in [2.45, 2.75) is 6.92 Å². The van der Waals surface area contributed by atoms with E-state index in [-0.39, 0.29) is 18.0 Å². The van der Waals surface area contributed by atoms with Crippen LogP contribution in [0.3, 0.4) is 0 Å². The molecule has 0 radical (unpaired) electrons. The van der Waals surface area contributed by atoms with Crippen molar-refractivity contribution >= 4 is 17.8 Å². The zero-order valence-corrected chi connectivity index (χ0v) is 12.4. The number of hydrogen-bond donors (Lipinski definition) is 1. The quantitative estimate of drug-likeness (QED) is 0.503. The molecular formula is C16H15N3O4.